The number of benzene rings is 2. The van der Waals surface area contributed by atoms with E-state index in [2.05, 4.69) is 0 Å². The summed E-state index contributed by atoms with van der Waals surface area (Å²) in [5.41, 5.74) is 0.707. The number of Topliss-reactive ketones (excluding diaryl/α,β-unsaturated/α-hetero) is 1. The summed E-state index contributed by atoms with van der Waals surface area (Å²) in [6, 6.07) is 12.3. The van der Waals surface area contributed by atoms with Gasteiger partial charge in [0.25, 0.3) is 0 Å². The lowest BCUT2D eigenvalue weighted by atomic mass is 9.97. The van der Waals surface area contributed by atoms with E-state index in [9.17, 15) is 14.4 Å². The number of rotatable bonds is 7. The molecule has 26 heavy (non-hydrogen) atoms. The van der Waals surface area contributed by atoms with E-state index in [0.29, 0.717) is 0 Å². The predicted molar refractivity (Wildman–Crippen MR) is 94.5 cm³/mol. The molecule has 0 heterocycles. The second-order valence-corrected chi connectivity index (χ2v) is 5.40. The van der Waals surface area contributed by atoms with Crippen LogP contribution in [0.1, 0.15) is 50.5 Å². The Hall–Kier alpha value is -3.15. The minimum Gasteiger partial charge on any atom is -0.488 e. The van der Waals surface area contributed by atoms with Crippen LogP contribution in [0.3, 0.4) is 0 Å². The normalized spacial score (nSPS) is 10.1. The van der Waals surface area contributed by atoms with Gasteiger partial charge in [-0.15, -0.1) is 0 Å². The number of hydrogen-bond donors (Lipinski definition) is 0. The SMILES string of the molecule is CCOC(=O)c1c(C(C)=O)ccc(OCc2ccccc2)c1C(=O)OC. The van der Waals surface area contributed by atoms with Crippen LogP contribution in [0, 0.1) is 0 Å². The van der Waals surface area contributed by atoms with E-state index in [1.165, 1.54) is 26.2 Å². The molecule has 2 aromatic rings. The van der Waals surface area contributed by atoms with E-state index in [1.54, 1.807) is 6.92 Å². The Morgan fingerprint density at radius 2 is 1.62 bits per heavy atom. The molecule has 0 radical (unpaired) electrons. The summed E-state index contributed by atoms with van der Waals surface area (Å²) in [7, 11) is 1.19. The van der Waals surface area contributed by atoms with Gasteiger partial charge < -0.3 is 14.2 Å². The van der Waals surface area contributed by atoms with Crippen LogP contribution < -0.4 is 4.74 Å². The van der Waals surface area contributed by atoms with Crippen LogP contribution in [0.15, 0.2) is 42.5 Å². The standard InChI is InChI=1S/C20H20O6/c1-4-25-20(23)17-15(13(2)21)10-11-16(18(17)19(22)24-3)26-12-14-8-6-5-7-9-14/h5-11H,4,12H2,1-3H3. The predicted octanol–water partition coefficient (Wildman–Crippen LogP) is 3.43. The van der Waals surface area contributed by atoms with E-state index >= 15 is 0 Å². The Balaban J connectivity index is 2.53. The van der Waals surface area contributed by atoms with Gasteiger partial charge in [0.1, 0.15) is 17.9 Å². The van der Waals surface area contributed by atoms with Crippen LogP contribution in [0.4, 0.5) is 0 Å². The zero-order chi connectivity index (χ0) is 19.1. The molecule has 0 fully saturated rings. The second-order valence-electron chi connectivity index (χ2n) is 5.40. The number of carbonyl (C=O) groups is 3. The first-order valence-electron chi connectivity index (χ1n) is 8.09. The molecule has 6 nitrogen and oxygen atoms in total. The summed E-state index contributed by atoms with van der Waals surface area (Å²) in [5, 5.41) is 0. The molecule has 0 unspecified atom stereocenters. The molecule has 2 aromatic carbocycles. The van der Waals surface area contributed by atoms with Crippen molar-refractivity contribution in [3.8, 4) is 5.75 Å². The second kappa shape index (κ2) is 8.80. The Morgan fingerprint density at radius 3 is 2.19 bits per heavy atom. The Bertz CT molecular complexity index is 811. The van der Waals surface area contributed by atoms with E-state index in [-0.39, 0.29) is 41.4 Å². The zero-order valence-corrected chi connectivity index (χ0v) is 14.9. The minimum atomic E-state index is -0.779. The number of carbonyl (C=O) groups excluding carboxylic acids is 3. The average molecular weight is 356 g/mol. The van der Waals surface area contributed by atoms with Crippen LogP contribution in [-0.2, 0) is 16.1 Å². The van der Waals surface area contributed by atoms with Crippen LogP contribution >= 0.6 is 0 Å². The fourth-order valence-electron chi connectivity index (χ4n) is 2.45. The molecule has 0 N–H and O–H groups in total. The third-order valence-corrected chi connectivity index (χ3v) is 3.65. The van der Waals surface area contributed by atoms with Gasteiger partial charge in [-0.1, -0.05) is 30.3 Å². The van der Waals surface area contributed by atoms with Gasteiger partial charge in [-0.25, -0.2) is 9.59 Å². The van der Waals surface area contributed by atoms with Gasteiger partial charge in [0.2, 0.25) is 0 Å². The van der Waals surface area contributed by atoms with Crippen LogP contribution in [0.5, 0.6) is 5.75 Å². The molecule has 0 aliphatic heterocycles. The Labute approximate surface area is 151 Å². The van der Waals surface area contributed by atoms with Crippen molar-refractivity contribution in [2.75, 3.05) is 13.7 Å². The number of ether oxygens (including phenoxy) is 3. The number of ketones is 1. The monoisotopic (exact) mass is 356 g/mol. The molecule has 0 saturated carbocycles. The van der Waals surface area contributed by atoms with Gasteiger partial charge in [0.05, 0.1) is 19.3 Å². The third kappa shape index (κ3) is 4.27. The first-order chi connectivity index (χ1) is 12.5. The third-order valence-electron chi connectivity index (χ3n) is 3.65. The molecule has 0 aliphatic carbocycles. The van der Waals surface area contributed by atoms with Crippen molar-refractivity contribution in [2.45, 2.75) is 20.5 Å². The lowest BCUT2D eigenvalue weighted by Crippen LogP contribution is -2.19. The van der Waals surface area contributed by atoms with E-state index < -0.39 is 11.9 Å². The molecule has 0 spiro atoms. The summed E-state index contributed by atoms with van der Waals surface area (Å²) in [6.07, 6.45) is 0. The highest BCUT2D eigenvalue weighted by molar-refractivity contribution is 6.12. The molecule has 0 amide bonds. The number of esters is 2. The van der Waals surface area contributed by atoms with Crippen molar-refractivity contribution < 1.29 is 28.6 Å². The van der Waals surface area contributed by atoms with Gasteiger partial charge in [0, 0.05) is 5.56 Å². The molecular formula is C20H20O6. The molecule has 0 saturated heterocycles. The highest BCUT2D eigenvalue weighted by atomic mass is 16.5. The summed E-state index contributed by atoms with van der Waals surface area (Å²) in [6.45, 7) is 3.24. The summed E-state index contributed by atoms with van der Waals surface area (Å²) in [4.78, 5) is 36.7. The van der Waals surface area contributed by atoms with Crippen molar-refractivity contribution in [3.63, 3.8) is 0 Å². The van der Waals surface area contributed by atoms with Gasteiger partial charge >= 0.3 is 11.9 Å². The quantitative estimate of drug-likeness (QED) is 0.559. The fourth-order valence-corrected chi connectivity index (χ4v) is 2.45. The van der Waals surface area contributed by atoms with Gasteiger partial charge in [0.15, 0.2) is 5.78 Å². The Kier molecular flexibility index (Phi) is 6.49. The summed E-state index contributed by atoms with van der Waals surface area (Å²) in [5.74, 6) is -1.77. The minimum absolute atomic E-state index is 0.0795. The maximum atomic E-state index is 12.4. The lowest BCUT2D eigenvalue weighted by molar-refractivity contribution is 0.0499. The smallest absolute Gasteiger partial charge is 0.342 e. The largest absolute Gasteiger partial charge is 0.488 e. The molecule has 6 heteroatoms. The van der Waals surface area contributed by atoms with Crippen LogP contribution in [0.25, 0.3) is 0 Å². The van der Waals surface area contributed by atoms with E-state index in [4.69, 9.17) is 14.2 Å². The molecule has 0 atom stereocenters. The highest BCUT2D eigenvalue weighted by Gasteiger charge is 2.28. The van der Waals surface area contributed by atoms with Crippen LogP contribution in [-0.4, -0.2) is 31.4 Å². The van der Waals surface area contributed by atoms with Crippen molar-refractivity contribution in [2.24, 2.45) is 0 Å². The Morgan fingerprint density at radius 1 is 0.923 bits per heavy atom. The maximum absolute atomic E-state index is 12.4. The highest BCUT2D eigenvalue weighted by Crippen LogP contribution is 2.29. The first kappa shape index (κ1) is 19.2. The topological polar surface area (TPSA) is 78.9 Å². The molecule has 136 valence electrons. The van der Waals surface area contributed by atoms with E-state index in [0.717, 1.165) is 5.56 Å². The average Bonchev–Trinajstić information content (AvgIpc) is 2.65. The summed E-state index contributed by atoms with van der Waals surface area (Å²) >= 11 is 0. The van der Waals surface area contributed by atoms with Crippen molar-refractivity contribution in [1.82, 2.24) is 0 Å². The van der Waals surface area contributed by atoms with Gasteiger partial charge in [-0.3, -0.25) is 4.79 Å². The van der Waals surface area contributed by atoms with Crippen molar-refractivity contribution in [3.05, 3.63) is 64.7 Å². The fraction of sp³-hybridized carbons (Fsp3) is 0.250. The molecular weight excluding hydrogens is 336 g/mol. The van der Waals surface area contributed by atoms with Crippen molar-refractivity contribution in [1.29, 1.82) is 0 Å². The first-order valence-corrected chi connectivity index (χ1v) is 8.09. The molecule has 0 aliphatic rings. The van der Waals surface area contributed by atoms with E-state index in [1.807, 2.05) is 30.3 Å². The zero-order valence-electron chi connectivity index (χ0n) is 14.9. The number of hydrogen-bond acceptors (Lipinski definition) is 6. The van der Waals surface area contributed by atoms with Gasteiger partial charge in [-0.05, 0) is 31.5 Å². The van der Waals surface area contributed by atoms with Gasteiger partial charge in [-0.2, -0.15) is 0 Å². The molecule has 0 aromatic heterocycles. The maximum Gasteiger partial charge on any atom is 0.342 e. The molecule has 2 rings (SSSR count). The molecule has 0 bridgehead atoms. The lowest BCUT2D eigenvalue weighted by Gasteiger charge is -2.16. The number of methoxy groups -OCH3 is 1. The van der Waals surface area contributed by atoms with Crippen molar-refractivity contribution >= 4 is 17.7 Å². The van der Waals surface area contributed by atoms with Crippen LogP contribution in [0.2, 0.25) is 0 Å². The summed E-state index contributed by atoms with van der Waals surface area (Å²) < 4.78 is 15.5.